The molecule has 0 aromatic carbocycles. The van der Waals surface area contributed by atoms with Crippen LogP contribution < -0.4 is 5.32 Å². The molecule has 0 atom stereocenters. The summed E-state index contributed by atoms with van der Waals surface area (Å²) in [6.45, 7) is 15.2. The maximum atomic E-state index is 12.4. The van der Waals surface area contributed by atoms with Crippen LogP contribution in [0.1, 0.15) is 52.3 Å². The normalized spacial score (nSPS) is 19.1. The molecule has 2 fully saturated rings. The molecule has 2 aliphatic heterocycles. The molecule has 0 aliphatic carbocycles. The molecule has 0 saturated carbocycles. The van der Waals surface area contributed by atoms with E-state index in [2.05, 4.69) is 32.2 Å². The van der Waals surface area contributed by atoms with E-state index in [9.17, 15) is 4.79 Å². The van der Waals surface area contributed by atoms with Crippen molar-refractivity contribution in [2.75, 3.05) is 52.4 Å². The minimum Gasteiger partial charge on any atom is -0.357 e. The van der Waals surface area contributed by atoms with Gasteiger partial charge in [-0.15, -0.1) is 0 Å². The molecular weight excluding hydrogens is 370 g/mol. The van der Waals surface area contributed by atoms with Crippen molar-refractivity contribution in [3.05, 3.63) is 11.7 Å². The smallest absolute Gasteiger partial charge is 0.236 e. The van der Waals surface area contributed by atoms with Crippen LogP contribution in [-0.4, -0.2) is 89.1 Å². The molecule has 1 aromatic heterocycles. The summed E-state index contributed by atoms with van der Waals surface area (Å²) >= 11 is 0. The zero-order valence-corrected chi connectivity index (χ0v) is 18.3. The van der Waals surface area contributed by atoms with Gasteiger partial charge in [0.2, 0.25) is 11.8 Å². The first kappa shape index (κ1) is 21.5. The number of aliphatic imine (C=N–C) groups is 1. The van der Waals surface area contributed by atoms with E-state index >= 15 is 0 Å². The molecule has 3 rings (SSSR count). The molecule has 1 amide bonds. The van der Waals surface area contributed by atoms with Crippen molar-refractivity contribution in [2.24, 2.45) is 4.99 Å². The quantitative estimate of drug-likeness (QED) is 0.579. The van der Waals surface area contributed by atoms with Crippen LogP contribution in [0.25, 0.3) is 0 Å². The lowest BCUT2D eigenvalue weighted by Gasteiger charge is -2.36. The molecule has 0 unspecified atom stereocenters. The van der Waals surface area contributed by atoms with Crippen molar-refractivity contribution >= 4 is 11.9 Å². The lowest BCUT2D eigenvalue weighted by molar-refractivity contribution is -0.131. The van der Waals surface area contributed by atoms with Crippen molar-refractivity contribution in [2.45, 2.75) is 52.5 Å². The van der Waals surface area contributed by atoms with Gasteiger partial charge in [-0.05, 0) is 19.8 Å². The second-order valence-corrected chi connectivity index (χ2v) is 8.79. The molecule has 3 heterocycles. The van der Waals surface area contributed by atoms with Crippen LogP contribution in [0.5, 0.6) is 0 Å². The molecule has 9 nitrogen and oxygen atoms in total. The van der Waals surface area contributed by atoms with Crippen molar-refractivity contribution in [1.82, 2.24) is 30.2 Å². The Bertz CT molecular complexity index is 696. The van der Waals surface area contributed by atoms with E-state index in [1.165, 1.54) is 0 Å². The number of hydrogen-bond acceptors (Lipinski definition) is 6. The van der Waals surface area contributed by atoms with Crippen molar-refractivity contribution in [1.29, 1.82) is 0 Å². The average Bonchev–Trinajstić information content (AvgIpc) is 3.37. The van der Waals surface area contributed by atoms with Crippen LogP contribution in [0.3, 0.4) is 0 Å². The fourth-order valence-electron chi connectivity index (χ4n) is 3.57. The minimum atomic E-state index is -0.164. The summed E-state index contributed by atoms with van der Waals surface area (Å²) < 4.78 is 5.35. The predicted octanol–water partition coefficient (Wildman–Crippen LogP) is 1.07. The second-order valence-electron chi connectivity index (χ2n) is 8.79. The number of nitrogens with one attached hydrogen (secondary N) is 1. The average molecular weight is 406 g/mol. The summed E-state index contributed by atoms with van der Waals surface area (Å²) in [6, 6.07) is 0. The van der Waals surface area contributed by atoms with Gasteiger partial charge in [0, 0.05) is 51.2 Å². The second kappa shape index (κ2) is 9.56. The molecular formula is C20H35N7O2. The monoisotopic (exact) mass is 405 g/mol. The number of rotatable bonds is 5. The number of likely N-dealkylation sites (tertiary alicyclic amines) is 1. The summed E-state index contributed by atoms with van der Waals surface area (Å²) in [7, 11) is 0. The van der Waals surface area contributed by atoms with Crippen LogP contribution >= 0.6 is 0 Å². The lowest BCUT2D eigenvalue weighted by atomic mass is 9.97. The van der Waals surface area contributed by atoms with Crippen LogP contribution in [0.15, 0.2) is 9.52 Å². The standard InChI is InChI=1S/C20H35N7O2/c1-5-21-19(22-14-16-23-18(29-24-16)20(2,3)4)27-12-10-25(11-13-27)15-17(28)26-8-6-7-9-26/h5-15H2,1-4H3,(H,21,22). The van der Waals surface area contributed by atoms with E-state index in [1.54, 1.807) is 0 Å². The topological polar surface area (TPSA) is 90.1 Å². The maximum Gasteiger partial charge on any atom is 0.236 e. The van der Waals surface area contributed by atoms with E-state index in [0.717, 1.165) is 64.6 Å². The fourth-order valence-corrected chi connectivity index (χ4v) is 3.57. The largest absolute Gasteiger partial charge is 0.357 e. The zero-order valence-electron chi connectivity index (χ0n) is 18.3. The summed E-state index contributed by atoms with van der Waals surface area (Å²) in [6.07, 6.45) is 2.28. The van der Waals surface area contributed by atoms with E-state index in [1.807, 2.05) is 25.7 Å². The van der Waals surface area contributed by atoms with Gasteiger partial charge in [-0.1, -0.05) is 25.9 Å². The van der Waals surface area contributed by atoms with Gasteiger partial charge < -0.3 is 19.6 Å². The van der Waals surface area contributed by atoms with Crippen molar-refractivity contribution < 1.29 is 9.32 Å². The molecule has 29 heavy (non-hydrogen) atoms. The van der Waals surface area contributed by atoms with Gasteiger partial charge in [0.25, 0.3) is 0 Å². The Balaban J connectivity index is 1.52. The Morgan fingerprint density at radius 3 is 2.38 bits per heavy atom. The Kier molecular flexibility index (Phi) is 7.10. The molecule has 2 saturated heterocycles. The number of amides is 1. The number of carbonyl (C=O) groups excluding carboxylic acids is 1. The van der Waals surface area contributed by atoms with E-state index in [4.69, 9.17) is 9.52 Å². The number of piperazine rings is 1. The molecule has 0 spiro atoms. The van der Waals surface area contributed by atoms with Crippen molar-refractivity contribution in [3.63, 3.8) is 0 Å². The first-order valence-corrected chi connectivity index (χ1v) is 10.7. The zero-order chi connectivity index (χ0) is 20.9. The minimum absolute atomic E-state index is 0.164. The highest BCUT2D eigenvalue weighted by atomic mass is 16.5. The highest BCUT2D eigenvalue weighted by Gasteiger charge is 2.25. The summed E-state index contributed by atoms with van der Waals surface area (Å²) in [5.41, 5.74) is -0.164. The van der Waals surface area contributed by atoms with E-state index < -0.39 is 0 Å². The first-order chi connectivity index (χ1) is 13.9. The Morgan fingerprint density at radius 1 is 1.10 bits per heavy atom. The Hall–Kier alpha value is -2.16. The number of guanidine groups is 1. The van der Waals surface area contributed by atoms with E-state index in [0.29, 0.717) is 24.8 Å². The van der Waals surface area contributed by atoms with Gasteiger partial charge in [0.05, 0.1) is 6.54 Å². The van der Waals surface area contributed by atoms with Crippen LogP contribution in [0.2, 0.25) is 0 Å². The number of carbonyl (C=O) groups is 1. The number of aromatic nitrogens is 2. The van der Waals surface area contributed by atoms with Gasteiger partial charge in [-0.3, -0.25) is 9.69 Å². The molecule has 1 N–H and O–H groups in total. The maximum absolute atomic E-state index is 12.4. The lowest BCUT2D eigenvalue weighted by Crippen LogP contribution is -2.54. The van der Waals surface area contributed by atoms with Gasteiger partial charge >= 0.3 is 0 Å². The highest BCUT2D eigenvalue weighted by Crippen LogP contribution is 2.19. The molecule has 162 valence electrons. The summed E-state index contributed by atoms with van der Waals surface area (Å²) in [4.78, 5) is 28.0. The van der Waals surface area contributed by atoms with Crippen LogP contribution in [0.4, 0.5) is 0 Å². The molecule has 0 radical (unpaired) electrons. The summed E-state index contributed by atoms with van der Waals surface area (Å²) in [5.74, 6) is 2.35. The summed E-state index contributed by atoms with van der Waals surface area (Å²) in [5, 5.41) is 7.41. The highest BCUT2D eigenvalue weighted by molar-refractivity contribution is 5.80. The third kappa shape index (κ3) is 5.91. The molecule has 1 aromatic rings. The van der Waals surface area contributed by atoms with E-state index in [-0.39, 0.29) is 11.3 Å². The van der Waals surface area contributed by atoms with Gasteiger partial charge in [-0.25, -0.2) is 4.99 Å². The fraction of sp³-hybridized carbons (Fsp3) is 0.800. The first-order valence-electron chi connectivity index (χ1n) is 10.7. The Labute approximate surface area is 173 Å². The van der Waals surface area contributed by atoms with Gasteiger partial charge in [0.15, 0.2) is 11.8 Å². The van der Waals surface area contributed by atoms with Crippen LogP contribution in [-0.2, 0) is 16.8 Å². The molecule has 2 aliphatic rings. The molecule has 9 heteroatoms. The van der Waals surface area contributed by atoms with Gasteiger partial charge in [-0.2, -0.15) is 4.98 Å². The predicted molar refractivity (Wildman–Crippen MR) is 112 cm³/mol. The molecule has 0 bridgehead atoms. The number of nitrogens with zero attached hydrogens (tertiary/aromatic N) is 6. The number of hydrogen-bond donors (Lipinski definition) is 1. The van der Waals surface area contributed by atoms with Crippen LogP contribution in [0, 0.1) is 0 Å². The van der Waals surface area contributed by atoms with Gasteiger partial charge in [0.1, 0.15) is 6.54 Å². The third-order valence-corrected chi connectivity index (χ3v) is 5.30. The van der Waals surface area contributed by atoms with Crippen molar-refractivity contribution in [3.8, 4) is 0 Å². The Morgan fingerprint density at radius 2 is 1.79 bits per heavy atom. The SMILES string of the molecule is CCNC(=NCc1noc(C(C)(C)C)n1)N1CCN(CC(=O)N2CCCC2)CC1. The third-order valence-electron chi connectivity index (χ3n) is 5.30.